The average molecular weight is 340 g/mol. The monoisotopic (exact) mass is 339 g/mol. The molecule has 0 bridgehead atoms. The second-order valence-corrected chi connectivity index (χ2v) is 6.41. The molecule has 1 saturated heterocycles. The summed E-state index contributed by atoms with van der Waals surface area (Å²) in [6.45, 7) is 2.63. The summed E-state index contributed by atoms with van der Waals surface area (Å²) in [4.78, 5) is 14.3. The Hall–Kier alpha value is -0.870. The van der Waals surface area contributed by atoms with E-state index in [9.17, 15) is 9.90 Å². The molecule has 1 amide bonds. The number of aliphatic hydroxyl groups is 1. The molecule has 20 heavy (non-hydrogen) atoms. The minimum Gasteiger partial charge on any atom is -0.393 e. The van der Waals surface area contributed by atoms with E-state index in [0.717, 1.165) is 30.3 Å². The van der Waals surface area contributed by atoms with Crippen molar-refractivity contribution in [3.63, 3.8) is 0 Å². The van der Waals surface area contributed by atoms with E-state index in [-0.39, 0.29) is 18.1 Å². The fraction of sp³-hybridized carbons (Fsp3) is 0.562. The third-order valence-corrected chi connectivity index (χ3v) is 4.65. The van der Waals surface area contributed by atoms with Crippen LogP contribution in [-0.2, 0) is 11.2 Å². The molecule has 0 saturated carbocycles. The highest BCUT2D eigenvalue weighted by atomic mass is 79.9. The van der Waals surface area contributed by atoms with Crippen LogP contribution in [0.2, 0.25) is 0 Å². The van der Waals surface area contributed by atoms with Gasteiger partial charge in [-0.25, -0.2) is 0 Å². The fourth-order valence-electron chi connectivity index (χ4n) is 2.89. The van der Waals surface area contributed by atoms with Gasteiger partial charge in [-0.1, -0.05) is 34.1 Å². The molecule has 1 heterocycles. The Bertz CT molecular complexity index is 462. The van der Waals surface area contributed by atoms with E-state index in [0.29, 0.717) is 12.8 Å². The number of hydrogen-bond donors (Lipinski definition) is 1. The standard InChI is InChI=1S/C16H22BrNO2/c1-12(19)11-14-6-4-10-18(14)16(20)9-8-13-5-2-3-7-15(13)17/h2-3,5,7,12,14,19H,4,6,8-11H2,1H3. The zero-order chi connectivity index (χ0) is 14.5. The number of carbonyl (C=O) groups is 1. The smallest absolute Gasteiger partial charge is 0.223 e. The molecule has 0 spiro atoms. The molecule has 4 heteroatoms. The van der Waals surface area contributed by atoms with E-state index < -0.39 is 0 Å². The van der Waals surface area contributed by atoms with E-state index in [1.807, 2.05) is 23.1 Å². The van der Waals surface area contributed by atoms with Crippen molar-refractivity contribution < 1.29 is 9.90 Å². The van der Waals surface area contributed by atoms with Gasteiger partial charge in [0.15, 0.2) is 0 Å². The number of halogens is 1. The first kappa shape index (κ1) is 15.5. The SMILES string of the molecule is CC(O)CC1CCCN1C(=O)CCc1ccccc1Br. The van der Waals surface area contributed by atoms with Crippen LogP contribution in [0.5, 0.6) is 0 Å². The second-order valence-electron chi connectivity index (χ2n) is 5.56. The van der Waals surface area contributed by atoms with Gasteiger partial charge in [-0.3, -0.25) is 4.79 Å². The van der Waals surface area contributed by atoms with E-state index in [1.165, 1.54) is 5.56 Å². The Labute approximate surface area is 129 Å². The number of benzene rings is 1. The van der Waals surface area contributed by atoms with Crippen LogP contribution in [0.1, 0.15) is 38.2 Å². The van der Waals surface area contributed by atoms with Crippen molar-refractivity contribution in [3.8, 4) is 0 Å². The van der Waals surface area contributed by atoms with Gasteiger partial charge in [0, 0.05) is 23.5 Å². The number of likely N-dealkylation sites (tertiary alicyclic amines) is 1. The van der Waals surface area contributed by atoms with Crippen LogP contribution < -0.4 is 0 Å². The Kier molecular flexibility index (Phi) is 5.61. The minimum absolute atomic E-state index is 0.212. The van der Waals surface area contributed by atoms with Crippen molar-refractivity contribution in [2.45, 2.75) is 51.2 Å². The summed E-state index contributed by atoms with van der Waals surface area (Å²) in [5, 5.41) is 9.51. The molecule has 1 aliphatic rings. The molecule has 2 unspecified atom stereocenters. The summed E-state index contributed by atoms with van der Waals surface area (Å²) in [6.07, 6.45) is 3.73. The zero-order valence-corrected chi connectivity index (χ0v) is 13.5. The van der Waals surface area contributed by atoms with Crippen LogP contribution >= 0.6 is 15.9 Å². The Morgan fingerprint density at radius 3 is 2.95 bits per heavy atom. The normalized spacial score (nSPS) is 20.1. The summed E-state index contributed by atoms with van der Waals surface area (Å²) in [7, 11) is 0. The van der Waals surface area contributed by atoms with Crippen molar-refractivity contribution in [2.75, 3.05) is 6.54 Å². The maximum absolute atomic E-state index is 12.4. The topological polar surface area (TPSA) is 40.5 Å². The van der Waals surface area contributed by atoms with Crippen molar-refractivity contribution >= 4 is 21.8 Å². The molecule has 1 aliphatic heterocycles. The molecular weight excluding hydrogens is 318 g/mol. The fourth-order valence-corrected chi connectivity index (χ4v) is 3.37. The van der Waals surface area contributed by atoms with Gasteiger partial charge in [-0.15, -0.1) is 0 Å². The van der Waals surface area contributed by atoms with Gasteiger partial charge in [0.05, 0.1) is 6.10 Å². The van der Waals surface area contributed by atoms with Gasteiger partial charge >= 0.3 is 0 Å². The lowest BCUT2D eigenvalue weighted by molar-refractivity contribution is -0.132. The maximum atomic E-state index is 12.4. The number of aliphatic hydroxyl groups excluding tert-OH is 1. The molecule has 0 aliphatic carbocycles. The number of hydrogen-bond acceptors (Lipinski definition) is 2. The van der Waals surface area contributed by atoms with E-state index in [2.05, 4.69) is 22.0 Å². The van der Waals surface area contributed by atoms with Gasteiger partial charge in [-0.05, 0) is 44.2 Å². The molecule has 1 fully saturated rings. The number of amides is 1. The van der Waals surface area contributed by atoms with Crippen LogP contribution in [0.4, 0.5) is 0 Å². The predicted molar refractivity (Wildman–Crippen MR) is 83.5 cm³/mol. The summed E-state index contributed by atoms with van der Waals surface area (Å²) in [6, 6.07) is 8.26. The summed E-state index contributed by atoms with van der Waals surface area (Å²) < 4.78 is 1.06. The molecule has 2 atom stereocenters. The van der Waals surface area contributed by atoms with Crippen LogP contribution in [0.3, 0.4) is 0 Å². The van der Waals surface area contributed by atoms with E-state index in [4.69, 9.17) is 0 Å². The third kappa shape index (κ3) is 4.06. The molecule has 1 N–H and O–H groups in total. The first-order valence-electron chi connectivity index (χ1n) is 7.29. The second kappa shape index (κ2) is 7.23. The van der Waals surface area contributed by atoms with Gasteiger partial charge < -0.3 is 10.0 Å². The van der Waals surface area contributed by atoms with Gasteiger partial charge in [0.2, 0.25) is 5.91 Å². The van der Waals surface area contributed by atoms with E-state index in [1.54, 1.807) is 6.92 Å². The number of aryl methyl sites for hydroxylation is 1. The first-order valence-corrected chi connectivity index (χ1v) is 8.08. The van der Waals surface area contributed by atoms with Crippen molar-refractivity contribution in [1.82, 2.24) is 4.90 Å². The maximum Gasteiger partial charge on any atom is 0.223 e. The summed E-state index contributed by atoms with van der Waals surface area (Å²) in [5.41, 5.74) is 1.17. The molecular formula is C16H22BrNO2. The number of rotatable bonds is 5. The van der Waals surface area contributed by atoms with E-state index >= 15 is 0 Å². The van der Waals surface area contributed by atoms with Crippen molar-refractivity contribution in [3.05, 3.63) is 34.3 Å². The van der Waals surface area contributed by atoms with Crippen LogP contribution in [0.15, 0.2) is 28.7 Å². The molecule has 110 valence electrons. The first-order chi connectivity index (χ1) is 9.58. The van der Waals surface area contributed by atoms with Crippen LogP contribution in [0, 0.1) is 0 Å². The molecule has 0 aromatic heterocycles. The molecule has 1 aromatic carbocycles. The highest BCUT2D eigenvalue weighted by molar-refractivity contribution is 9.10. The van der Waals surface area contributed by atoms with Crippen molar-refractivity contribution in [1.29, 1.82) is 0 Å². The highest BCUT2D eigenvalue weighted by Gasteiger charge is 2.29. The Morgan fingerprint density at radius 2 is 2.25 bits per heavy atom. The lowest BCUT2D eigenvalue weighted by atomic mass is 10.1. The highest BCUT2D eigenvalue weighted by Crippen LogP contribution is 2.23. The minimum atomic E-state index is -0.336. The Balaban J connectivity index is 1.90. The van der Waals surface area contributed by atoms with Crippen LogP contribution in [-0.4, -0.2) is 34.6 Å². The molecule has 3 nitrogen and oxygen atoms in total. The Morgan fingerprint density at radius 1 is 1.50 bits per heavy atom. The van der Waals surface area contributed by atoms with Gasteiger partial charge in [0.25, 0.3) is 0 Å². The van der Waals surface area contributed by atoms with Crippen molar-refractivity contribution in [2.24, 2.45) is 0 Å². The molecule has 2 rings (SSSR count). The third-order valence-electron chi connectivity index (χ3n) is 3.88. The largest absolute Gasteiger partial charge is 0.393 e. The molecule has 1 aromatic rings. The molecule has 0 radical (unpaired) electrons. The zero-order valence-electron chi connectivity index (χ0n) is 11.9. The van der Waals surface area contributed by atoms with Gasteiger partial charge in [-0.2, -0.15) is 0 Å². The lowest BCUT2D eigenvalue weighted by Crippen LogP contribution is -2.37. The van der Waals surface area contributed by atoms with Gasteiger partial charge in [0.1, 0.15) is 0 Å². The summed E-state index contributed by atoms with van der Waals surface area (Å²) in [5.74, 6) is 0.212. The summed E-state index contributed by atoms with van der Waals surface area (Å²) >= 11 is 3.52. The lowest BCUT2D eigenvalue weighted by Gasteiger charge is -2.25. The predicted octanol–water partition coefficient (Wildman–Crippen LogP) is 3.14. The quantitative estimate of drug-likeness (QED) is 0.895. The number of carbonyl (C=O) groups excluding carboxylic acids is 1. The average Bonchev–Trinajstić information content (AvgIpc) is 2.85. The number of nitrogens with zero attached hydrogens (tertiary/aromatic N) is 1. The van der Waals surface area contributed by atoms with Crippen LogP contribution in [0.25, 0.3) is 0 Å².